The molecule has 0 aliphatic heterocycles. The molecule has 8 nitrogen and oxygen atoms in total. The van der Waals surface area contributed by atoms with Crippen LogP contribution in [0.5, 0.6) is 11.5 Å². The summed E-state index contributed by atoms with van der Waals surface area (Å²) in [4.78, 5) is 35.6. The third kappa shape index (κ3) is 6.01. The van der Waals surface area contributed by atoms with Crippen molar-refractivity contribution in [1.82, 2.24) is 10.9 Å². The molecule has 2 aromatic rings. The zero-order valence-electron chi connectivity index (χ0n) is 15.9. The minimum Gasteiger partial charge on any atom is -0.497 e. The summed E-state index contributed by atoms with van der Waals surface area (Å²) in [6.07, 6.45) is -0.453. The number of nitrogens with one attached hydrogen (secondary N) is 3. The van der Waals surface area contributed by atoms with E-state index in [4.69, 9.17) is 9.47 Å². The van der Waals surface area contributed by atoms with Gasteiger partial charge in [-0.25, -0.2) is 0 Å². The van der Waals surface area contributed by atoms with Crippen molar-refractivity contribution < 1.29 is 23.9 Å². The third-order valence-corrected chi connectivity index (χ3v) is 3.79. The van der Waals surface area contributed by atoms with Crippen LogP contribution < -0.4 is 25.6 Å². The first-order chi connectivity index (χ1) is 13.4. The Bertz CT molecular complexity index is 819. The van der Waals surface area contributed by atoms with E-state index in [2.05, 4.69) is 16.2 Å². The van der Waals surface area contributed by atoms with Crippen LogP contribution in [0.25, 0.3) is 0 Å². The van der Waals surface area contributed by atoms with E-state index in [9.17, 15) is 14.4 Å². The SMILES string of the molecule is CCC(=O)Nc1ccc(C(=O)NNC(=O)C(C)Oc2ccc(OC)cc2)cc1. The quantitative estimate of drug-likeness (QED) is 0.634. The van der Waals surface area contributed by atoms with Gasteiger partial charge in [-0.2, -0.15) is 0 Å². The van der Waals surface area contributed by atoms with Crippen molar-refractivity contribution in [3.8, 4) is 11.5 Å². The monoisotopic (exact) mass is 385 g/mol. The van der Waals surface area contributed by atoms with Gasteiger partial charge < -0.3 is 14.8 Å². The highest BCUT2D eigenvalue weighted by Gasteiger charge is 2.16. The number of benzene rings is 2. The molecule has 2 rings (SSSR count). The van der Waals surface area contributed by atoms with E-state index in [1.165, 1.54) is 0 Å². The lowest BCUT2D eigenvalue weighted by Gasteiger charge is -2.15. The number of amides is 3. The lowest BCUT2D eigenvalue weighted by atomic mass is 10.2. The number of methoxy groups -OCH3 is 1. The maximum Gasteiger partial charge on any atom is 0.279 e. The lowest BCUT2D eigenvalue weighted by Crippen LogP contribution is -2.47. The van der Waals surface area contributed by atoms with E-state index in [1.807, 2.05) is 0 Å². The molecule has 0 aliphatic rings. The molecule has 28 heavy (non-hydrogen) atoms. The van der Waals surface area contributed by atoms with Gasteiger partial charge in [-0.15, -0.1) is 0 Å². The van der Waals surface area contributed by atoms with Crippen molar-refractivity contribution in [1.29, 1.82) is 0 Å². The number of anilines is 1. The average molecular weight is 385 g/mol. The van der Waals surface area contributed by atoms with E-state index in [0.29, 0.717) is 29.2 Å². The molecule has 0 heterocycles. The van der Waals surface area contributed by atoms with Gasteiger partial charge in [-0.1, -0.05) is 6.92 Å². The standard InChI is InChI=1S/C20H23N3O5/c1-4-18(24)21-15-7-5-14(6-8-15)20(26)23-22-19(25)13(2)28-17-11-9-16(27-3)10-12-17/h5-13H,4H2,1-3H3,(H,21,24)(H,22,25)(H,23,26). The third-order valence-electron chi connectivity index (χ3n) is 3.79. The van der Waals surface area contributed by atoms with Crippen LogP contribution in [-0.4, -0.2) is 30.9 Å². The van der Waals surface area contributed by atoms with E-state index in [1.54, 1.807) is 69.5 Å². The molecular formula is C20H23N3O5. The molecule has 8 heteroatoms. The second kappa shape index (κ2) is 9.96. The molecule has 3 amide bonds. The first-order valence-corrected chi connectivity index (χ1v) is 8.73. The van der Waals surface area contributed by atoms with Gasteiger partial charge >= 0.3 is 0 Å². The van der Waals surface area contributed by atoms with Crippen molar-refractivity contribution in [3.63, 3.8) is 0 Å². The normalized spacial score (nSPS) is 11.1. The van der Waals surface area contributed by atoms with Crippen LogP contribution in [0.1, 0.15) is 30.6 Å². The summed E-state index contributed by atoms with van der Waals surface area (Å²) in [6.45, 7) is 3.32. The molecule has 0 spiro atoms. The Morgan fingerprint density at radius 2 is 1.54 bits per heavy atom. The molecular weight excluding hydrogens is 362 g/mol. The van der Waals surface area contributed by atoms with Crippen molar-refractivity contribution in [2.45, 2.75) is 26.4 Å². The molecule has 0 radical (unpaired) electrons. The summed E-state index contributed by atoms with van der Waals surface area (Å²) in [5.41, 5.74) is 5.57. The van der Waals surface area contributed by atoms with Crippen molar-refractivity contribution in [2.24, 2.45) is 0 Å². The summed E-state index contributed by atoms with van der Waals surface area (Å²) in [5, 5.41) is 2.69. The average Bonchev–Trinajstić information content (AvgIpc) is 2.72. The van der Waals surface area contributed by atoms with Gasteiger partial charge in [0, 0.05) is 17.7 Å². The Morgan fingerprint density at radius 1 is 0.929 bits per heavy atom. The van der Waals surface area contributed by atoms with Crippen LogP contribution in [-0.2, 0) is 9.59 Å². The Hall–Kier alpha value is -3.55. The number of hydrogen-bond acceptors (Lipinski definition) is 5. The molecule has 0 bridgehead atoms. The predicted molar refractivity (Wildman–Crippen MR) is 104 cm³/mol. The second-order valence-corrected chi connectivity index (χ2v) is 5.86. The van der Waals surface area contributed by atoms with Crippen LogP contribution in [0.2, 0.25) is 0 Å². The number of ether oxygens (including phenoxy) is 2. The minimum absolute atomic E-state index is 0.115. The molecule has 1 atom stereocenters. The molecule has 0 aliphatic carbocycles. The zero-order valence-corrected chi connectivity index (χ0v) is 15.9. The number of hydrogen-bond donors (Lipinski definition) is 3. The predicted octanol–water partition coefficient (Wildman–Crippen LogP) is 2.27. The molecule has 0 fully saturated rings. The number of rotatable bonds is 7. The molecule has 0 aromatic heterocycles. The highest BCUT2D eigenvalue weighted by Crippen LogP contribution is 2.18. The van der Waals surface area contributed by atoms with Crippen molar-refractivity contribution >= 4 is 23.4 Å². The summed E-state index contributed by atoms with van der Waals surface area (Å²) < 4.78 is 10.6. The molecule has 148 valence electrons. The van der Waals surface area contributed by atoms with Crippen molar-refractivity contribution in [2.75, 3.05) is 12.4 Å². The maximum absolute atomic E-state index is 12.1. The van der Waals surface area contributed by atoms with Gasteiger partial charge in [-0.3, -0.25) is 25.2 Å². The zero-order chi connectivity index (χ0) is 20.5. The lowest BCUT2D eigenvalue weighted by molar-refractivity contribution is -0.128. The van der Waals surface area contributed by atoms with E-state index < -0.39 is 17.9 Å². The Balaban J connectivity index is 1.83. The van der Waals surface area contributed by atoms with Crippen LogP contribution in [0.15, 0.2) is 48.5 Å². The molecule has 0 saturated carbocycles. The fraction of sp³-hybridized carbons (Fsp3) is 0.250. The maximum atomic E-state index is 12.1. The summed E-state index contributed by atoms with van der Waals surface area (Å²) >= 11 is 0. The molecule has 2 aromatic carbocycles. The summed E-state index contributed by atoms with van der Waals surface area (Å²) in [5.74, 6) is 0.0705. The fourth-order valence-corrected chi connectivity index (χ4v) is 2.16. The fourth-order valence-electron chi connectivity index (χ4n) is 2.16. The van der Waals surface area contributed by atoms with Gasteiger partial charge in [0.2, 0.25) is 5.91 Å². The van der Waals surface area contributed by atoms with Crippen LogP contribution in [0, 0.1) is 0 Å². The summed E-state index contributed by atoms with van der Waals surface area (Å²) in [7, 11) is 1.56. The Morgan fingerprint density at radius 3 is 2.11 bits per heavy atom. The summed E-state index contributed by atoms with van der Waals surface area (Å²) in [6, 6.07) is 13.1. The molecule has 0 saturated heterocycles. The highest BCUT2D eigenvalue weighted by atomic mass is 16.5. The molecule has 1 unspecified atom stereocenters. The van der Waals surface area contributed by atoms with E-state index in [-0.39, 0.29) is 5.91 Å². The smallest absolute Gasteiger partial charge is 0.279 e. The minimum atomic E-state index is -0.819. The van der Waals surface area contributed by atoms with Crippen molar-refractivity contribution in [3.05, 3.63) is 54.1 Å². The largest absolute Gasteiger partial charge is 0.497 e. The van der Waals surface area contributed by atoms with Gasteiger partial charge in [-0.05, 0) is 55.5 Å². The van der Waals surface area contributed by atoms with Gasteiger partial charge in [0.25, 0.3) is 11.8 Å². The second-order valence-electron chi connectivity index (χ2n) is 5.86. The topological polar surface area (TPSA) is 106 Å². The van der Waals surface area contributed by atoms with E-state index in [0.717, 1.165) is 0 Å². The first kappa shape index (κ1) is 20.8. The van der Waals surface area contributed by atoms with Crippen LogP contribution >= 0.6 is 0 Å². The Kier molecular flexibility index (Phi) is 7.38. The van der Waals surface area contributed by atoms with Gasteiger partial charge in [0.15, 0.2) is 6.10 Å². The van der Waals surface area contributed by atoms with Gasteiger partial charge in [0.1, 0.15) is 11.5 Å². The number of hydrazine groups is 1. The number of carbonyl (C=O) groups excluding carboxylic acids is 3. The van der Waals surface area contributed by atoms with E-state index >= 15 is 0 Å². The highest BCUT2D eigenvalue weighted by molar-refractivity contribution is 5.97. The first-order valence-electron chi connectivity index (χ1n) is 8.73. The van der Waals surface area contributed by atoms with Crippen LogP contribution in [0.4, 0.5) is 5.69 Å². The van der Waals surface area contributed by atoms with Gasteiger partial charge in [0.05, 0.1) is 7.11 Å². The van der Waals surface area contributed by atoms with Crippen LogP contribution in [0.3, 0.4) is 0 Å². The Labute approximate surface area is 163 Å². The number of carbonyl (C=O) groups is 3. The molecule has 3 N–H and O–H groups in total.